The number of rotatable bonds is 6. The van der Waals surface area contributed by atoms with E-state index in [1.807, 2.05) is 48.5 Å². The minimum Gasteiger partial charge on any atom is -0.392 e. The van der Waals surface area contributed by atoms with Crippen molar-refractivity contribution >= 4 is 41.4 Å². The van der Waals surface area contributed by atoms with Gasteiger partial charge in [0.25, 0.3) is 10.1 Å². The Balaban J connectivity index is 0.000000225. The molecule has 11 heteroatoms. The molecule has 2 aromatic rings. The van der Waals surface area contributed by atoms with Crippen LogP contribution in [0.15, 0.2) is 48.5 Å². The van der Waals surface area contributed by atoms with Crippen LogP contribution < -0.4 is 0 Å². The van der Waals surface area contributed by atoms with Crippen LogP contribution in [0, 0.1) is 0 Å². The van der Waals surface area contributed by atoms with Crippen molar-refractivity contribution in [2.24, 2.45) is 0 Å². The topological polar surface area (TPSA) is 132 Å². The fraction of sp³-hybridized carbons (Fsp3) is 0.462. The maximum Gasteiger partial charge on any atom is 0.264 e. The first-order chi connectivity index (χ1) is 17.0. The molecule has 0 bridgehead atoms. The van der Waals surface area contributed by atoms with Crippen LogP contribution >= 0.6 is 10.7 Å². The Morgan fingerprint density at radius 2 is 1.24 bits per heavy atom. The zero-order chi connectivity index (χ0) is 28.0. The van der Waals surface area contributed by atoms with Crippen LogP contribution in [0.5, 0.6) is 0 Å². The van der Waals surface area contributed by atoms with E-state index in [1.165, 1.54) is 12.5 Å². The Morgan fingerprint density at radius 3 is 1.70 bits per heavy atom. The van der Waals surface area contributed by atoms with E-state index < -0.39 is 25.3 Å². The van der Waals surface area contributed by atoms with Crippen LogP contribution in [0.2, 0.25) is 0 Å². The molecule has 1 N–H and O–H groups in total. The molecule has 37 heavy (non-hydrogen) atoms. The fourth-order valence-corrected chi connectivity index (χ4v) is 5.38. The lowest BCUT2D eigenvalue weighted by Crippen LogP contribution is -2.23. The Morgan fingerprint density at radius 1 is 0.838 bits per heavy atom. The Labute approximate surface area is 223 Å². The van der Waals surface area contributed by atoms with E-state index in [9.17, 15) is 31.5 Å². The zero-order valence-corrected chi connectivity index (χ0v) is 23.6. The molecule has 8 nitrogen and oxygen atoms in total. The second-order valence-electron chi connectivity index (χ2n) is 9.42. The first-order valence-electron chi connectivity index (χ1n) is 11.7. The number of Topliss-reactive ketones (excluding diaryl/α,β-unsaturated/α-hetero) is 2. The molecule has 204 valence electrons. The minimum atomic E-state index is -3.51. The van der Waals surface area contributed by atoms with Crippen LogP contribution in [0.25, 0.3) is 0 Å². The van der Waals surface area contributed by atoms with Crippen molar-refractivity contribution in [2.45, 2.75) is 63.6 Å². The summed E-state index contributed by atoms with van der Waals surface area (Å²) in [4.78, 5) is 22.4. The Kier molecular flexibility index (Phi) is 11.0. The molecule has 2 aromatic carbocycles. The van der Waals surface area contributed by atoms with E-state index in [4.69, 9.17) is 4.18 Å². The quantitative estimate of drug-likeness (QED) is 0.411. The van der Waals surface area contributed by atoms with Gasteiger partial charge in [-0.2, -0.15) is 8.42 Å². The molecule has 0 saturated heterocycles. The van der Waals surface area contributed by atoms with Crippen LogP contribution in [-0.2, 0) is 45.8 Å². The van der Waals surface area contributed by atoms with Gasteiger partial charge < -0.3 is 14.7 Å². The van der Waals surface area contributed by atoms with Gasteiger partial charge in [-0.05, 0) is 42.5 Å². The van der Waals surface area contributed by atoms with Gasteiger partial charge in [0.15, 0.2) is 0 Å². The van der Waals surface area contributed by atoms with E-state index in [0.29, 0.717) is 25.7 Å². The molecule has 2 aliphatic carbocycles. The highest BCUT2D eigenvalue weighted by atomic mass is 35.7. The number of hydrogen-bond donors (Lipinski definition) is 1. The van der Waals surface area contributed by atoms with Crippen LogP contribution in [0.4, 0.5) is 0 Å². The molecule has 0 radical (unpaired) electrons. The first kappa shape index (κ1) is 31.1. The lowest BCUT2D eigenvalue weighted by Gasteiger charge is -2.18. The van der Waals surface area contributed by atoms with Crippen molar-refractivity contribution in [2.75, 3.05) is 12.5 Å². The summed E-state index contributed by atoms with van der Waals surface area (Å²) in [7, 11) is -2.20. The van der Waals surface area contributed by atoms with Gasteiger partial charge >= 0.3 is 0 Å². The molecular weight excluding hydrogens is 540 g/mol. The number of fused-ring (bicyclic) bond motifs is 2. The molecule has 0 aromatic heterocycles. The third kappa shape index (κ3) is 10.6. The molecule has 2 aliphatic rings. The smallest absolute Gasteiger partial charge is 0.264 e. The van der Waals surface area contributed by atoms with Gasteiger partial charge in [0.1, 0.15) is 11.6 Å². The average Bonchev–Trinajstić information content (AvgIpc) is 3.22. The van der Waals surface area contributed by atoms with Crippen molar-refractivity contribution in [1.82, 2.24) is 0 Å². The van der Waals surface area contributed by atoms with Crippen LogP contribution in [0.1, 0.15) is 60.8 Å². The lowest BCUT2D eigenvalue weighted by atomic mass is 9.94. The predicted molar refractivity (Wildman–Crippen MR) is 143 cm³/mol. The summed E-state index contributed by atoms with van der Waals surface area (Å²) in [5.41, 5.74) is 4.43. The maximum absolute atomic E-state index is 11.3. The van der Waals surface area contributed by atoms with E-state index in [2.05, 4.69) is 10.7 Å². The highest BCUT2D eigenvalue weighted by molar-refractivity contribution is 8.13. The largest absolute Gasteiger partial charge is 0.392 e. The monoisotopic (exact) mass is 572 g/mol. The summed E-state index contributed by atoms with van der Waals surface area (Å²) in [6.45, 7) is 3.09. The summed E-state index contributed by atoms with van der Waals surface area (Å²) in [6.07, 6.45) is 3.14. The second-order valence-corrected chi connectivity index (χ2v) is 14.1. The van der Waals surface area contributed by atoms with Gasteiger partial charge in [-0.15, -0.1) is 0 Å². The molecule has 0 fully saturated rings. The molecule has 0 heterocycles. The molecular formula is C26H33ClO8S2. The highest BCUT2D eigenvalue weighted by Crippen LogP contribution is 2.38. The van der Waals surface area contributed by atoms with E-state index in [-0.39, 0.29) is 29.5 Å². The van der Waals surface area contributed by atoms with Crippen molar-refractivity contribution in [3.8, 4) is 0 Å². The minimum absolute atomic E-state index is 0.0173. The van der Waals surface area contributed by atoms with Gasteiger partial charge in [0, 0.05) is 41.8 Å². The van der Waals surface area contributed by atoms with Crippen molar-refractivity contribution < 1.29 is 35.7 Å². The summed E-state index contributed by atoms with van der Waals surface area (Å²) in [6, 6.07) is 15.7. The summed E-state index contributed by atoms with van der Waals surface area (Å²) in [5, 5.41) is 9.81. The van der Waals surface area contributed by atoms with E-state index in [1.54, 1.807) is 6.92 Å². The highest BCUT2D eigenvalue weighted by Gasteiger charge is 2.36. The van der Waals surface area contributed by atoms with Crippen molar-refractivity contribution in [1.29, 1.82) is 0 Å². The fourth-order valence-electron chi connectivity index (χ4n) is 4.73. The molecule has 0 unspecified atom stereocenters. The summed E-state index contributed by atoms with van der Waals surface area (Å²) < 4.78 is 46.4. The maximum atomic E-state index is 11.3. The Bertz CT molecular complexity index is 1310. The van der Waals surface area contributed by atoms with Crippen LogP contribution in [0.3, 0.4) is 0 Å². The van der Waals surface area contributed by atoms with Crippen molar-refractivity contribution in [3.05, 3.63) is 70.8 Å². The Hall–Kier alpha value is -2.11. The van der Waals surface area contributed by atoms with Crippen LogP contribution in [-0.4, -0.2) is 58.2 Å². The van der Waals surface area contributed by atoms with E-state index in [0.717, 1.165) is 29.2 Å². The summed E-state index contributed by atoms with van der Waals surface area (Å²) in [5.74, 6) is 0.0432. The second kappa shape index (κ2) is 13.1. The zero-order valence-electron chi connectivity index (χ0n) is 21.3. The van der Waals surface area contributed by atoms with E-state index >= 15 is 0 Å². The third-order valence-electron chi connectivity index (χ3n) is 5.99. The number of aliphatic hydroxyl groups is 1. The molecule has 0 aliphatic heterocycles. The first-order valence-corrected chi connectivity index (χ1v) is 16.2. The lowest BCUT2D eigenvalue weighted by molar-refractivity contribution is -0.118. The normalized spacial score (nSPS) is 22.0. The van der Waals surface area contributed by atoms with Gasteiger partial charge in [-0.3, -0.25) is 4.18 Å². The number of aliphatic hydroxyl groups excluding tert-OH is 1. The van der Waals surface area contributed by atoms with Crippen molar-refractivity contribution in [3.63, 3.8) is 0 Å². The molecule has 0 saturated carbocycles. The number of benzene rings is 2. The number of halogens is 1. The summed E-state index contributed by atoms with van der Waals surface area (Å²) >= 11 is 0. The SMILES string of the molecule is CC(=O)C[C@@H]1c2ccccc2C[C@@H]1O.CC(=O)C[C@@H]1c2ccccc2C[C@@H]1OS(C)(=O)=O.CS(=O)(=O)Cl. The molecule has 0 amide bonds. The van der Waals surface area contributed by atoms with Gasteiger partial charge in [-0.1, -0.05) is 48.5 Å². The standard InChI is InChI=1S/C13H16O4S.C12H14O2.CH3ClO2S/c1-9(14)7-12-11-6-4-3-5-10(11)8-13(12)17-18(2,15)16;1-8(13)6-11-10-5-3-2-4-9(10)7-12(11)14;1-5(2,3)4/h3-6,12-13H,7-8H2,1-2H3;2-5,11-12,14H,6-7H2,1H3;1H3/t12-,13+;11-,12+;/m11./s1. The van der Waals surface area contributed by atoms with Gasteiger partial charge in [0.05, 0.1) is 24.7 Å². The van der Waals surface area contributed by atoms with Gasteiger partial charge in [-0.25, -0.2) is 8.42 Å². The molecule has 4 rings (SSSR count). The number of hydrogen-bond acceptors (Lipinski definition) is 8. The predicted octanol–water partition coefficient (Wildman–Crippen LogP) is 3.50. The molecule has 4 atom stereocenters. The number of carbonyl (C=O) groups is 2. The van der Waals surface area contributed by atoms with Gasteiger partial charge in [0.2, 0.25) is 9.05 Å². The average molecular weight is 573 g/mol. The molecule has 0 spiro atoms. The number of carbonyl (C=O) groups excluding carboxylic acids is 2. The third-order valence-corrected chi connectivity index (χ3v) is 6.58. The number of ketones is 2.